The monoisotopic (exact) mass is 427 g/mol. The number of thiazole rings is 1. The first-order chi connectivity index (χ1) is 14.0. The molecule has 0 unspecified atom stereocenters. The van der Waals surface area contributed by atoms with Crippen LogP contribution in [0.3, 0.4) is 0 Å². The number of ketones is 1. The molecule has 150 valence electrons. The van der Waals surface area contributed by atoms with E-state index in [1.165, 1.54) is 46.0 Å². The summed E-state index contributed by atoms with van der Waals surface area (Å²) in [4.78, 5) is 21.3. The summed E-state index contributed by atoms with van der Waals surface area (Å²) in [6.45, 7) is 4.38. The number of hydrogen-bond acceptors (Lipinski definition) is 6. The van der Waals surface area contributed by atoms with Gasteiger partial charge in [0.1, 0.15) is 5.01 Å². The van der Waals surface area contributed by atoms with E-state index in [-0.39, 0.29) is 10.7 Å². The molecule has 3 aromatic rings. The van der Waals surface area contributed by atoms with Crippen LogP contribution < -0.4 is 0 Å². The molecule has 3 rings (SSSR count). The second kappa shape index (κ2) is 9.21. The van der Waals surface area contributed by atoms with E-state index < -0.39 is 10.0 Å². The largest absolute Gasteiger partial charge is 0.289 e. The number of rotatable bonds is 8. The average molecular weight is 428 g/mol. The molecule has 0 spiro atoms. The van der Waals surface area contributed by atoms with Crippen molar-refractivity contribution in [1.29, 1.82) is 0 Å². The molecule has 0 N–H and O–H groups in total. The summed E-state index contributed by atoms with van der Waals surface area (Å²) in [6.07, 6.45) is 4.79. The van der Waals surface area contributed by atoms with Crippen molar-refractivity contribution in [3.05, 3.63) is 71.4 Å². The smallest absolute Gasteiger partial charge is 0.243 e. The molecule has 29 heavy (non-hydrogen) atoms. The lowest BCUT2D eigenvalue weighted by molar-refractivity contribution is 0.104. The number of pyridine rings is 1. The Morgan fingerprint density at radius 1 is 1.10 bits per heavy atom. The summed E-state index contributed by atoms with van der Waals surface area (Å²) >= 11 is 1.45. The fourth-order valence-corrected chi connectivity index (χ4v) is 4.95. The predicted molar refractivity (Wildman–Crippen MR) is 115 cm³/mol. The van der Waals surface area contributed by atoms with E-state index in [1.54, 1.807) is 26.1 Å². The second-order valence-corrected chi connectivity index (χ2v) is 8.90. The van der Waals surface area contributed by atoms with Crippen LogP contribution in [0.2, 0.25) is 0 Å². The molecule has 6 nitrogen and oxygen atoms in total. The van der Waals surface area contributed by atoms with Crippen molar-refractivity contribution in [1.82, 2.24) is 14.3 Å². The number of carbonyl (C=O) groups excluding carboxylic acids is 1. The highest BCUT2D eigenvalue weighted by Gasteiger charge is 2.21. The molecule has 0 fully saturated rings. The van der Waals surface area contributed by atoms with E-state index in [0.29, 0.717) is 24.3 Å². The topological polar surface area (TPSA) is 80.2 Å². The van der Waals surface area contributed by atoms with E-state index >= 15 is 0 Å². The Labute approximate surface area is 174 Å². The molecule has 1 aromatic carbocycles. The van der Waals surface area contributed by atoms with Crippen LogP contribution in [-0.4, -0.2) is 41.6 Å². The van der Waals surface area contributed by atoms with Crippen LogP contribution >= 0.6 is 11.3 Å². The maximum absolute atomic E-state index is 12.5. The molecule has 0 radical (unpaired) electrons. The summed E-state index contributed by atoms with van der Waals surface area (Å²) in [5, 5.41) is 2.64. The van der Waals surface area contributed by atoms with Gasteiger partial charge < -0.3 is 0 Å². The summed E-state index contributed by atoms with van der Waals surface area (Å²) in [7, 11) is -3.53. The molecule has 0 aliphatic carbocycles. The Morgan fingerprint density at radius 3 is 2.45 bits per heavy atom. The number of sulfonamides is 1. The Balaban J connectivity index is 1.72. The van der Waals surface area contributed by atoms with Crippen LogP contribution in [0.5, 0.6) is 0 Å². The van der Waals surface area contributed by atoms with E-state index in [1.807, 2.05) is 23.6 Å². The lowest BCUT2D eigenvalue weighted by Crippen LogP contribution is -2.30. The van der Waals surface area contributed by atoms with Crippen molar-refractivity contribution in [3.63, 3.8) is 0 Å². The van der Waals surface area contributed by atoms with Crippen LogP contribution in [0.15, 0.2) is 65.0 Å². The zero-order valence-electron chi connectivity index (χ0n) is 16.1. The lowest BCUT2D eigenvalue weighted by atomic mass is 10.1. The van der Waals surface area contributed by atoms with Crippen molar-refractivity contribution in [2.45, 2.75) is 18.7 Å². The highest BCUT2D eigenvalue weighted by Crippen LogP contribution is 2.22. The zero-order valence-corrected chi connectivity index (χ0v) is 17.8. The first kappa shape index (κ1) is 21.0. The van der Waals surface area contributed by atoms with Crippen LogP contribution in [0.25, 0.3) is 16.8 Å². The Kier molecular flexibility index (Phi) is 6.68. The number of carbonyl (C=O) groups is 1. The van der Waals surface area contributed by atoms with Gasteiger partial charge in [-0.2, -0.15) is 4.31 Å². The molecular weight excluding hydrogens is 406 g/mol. The Bertz CT molecular complexity index is 1100. The summed E-state index contributed by atoms with van der Waals surface area (Å²) < 4.78 is 26.4. The third kappa shape index (κ3) is 4.84. The van der Waals surface area contributed by atoms with E-state index in [9.17, 15) is 13.2 Å². The minimum absolute atomic E-state index is 0.182. The van der Waals surface area contributed by atoms with E-state index in [0.717, 1.165) is 10.7 Å². The standard InChI is InChI=1S/C21H21N3O3S2/c1-3-24(4-2)29(26,27)18-11-8-16(9-12-18)20(25)13-10-17-15-28-21(23-17)19-7-5-6-14-22-19/h5-15H,3-4H2,1-2H3. The highest BCUT2D eigenvalue weighted by atomic mass is 32.2. The number of nitrogens with zero attached hydrogens (tertiary/aromatic N) is 3. The molecule has 0 bridgehead atoms. The fraction of sp³-hybridized carbons (Fsp3) is 0.190. The van der Waals surface area contributed by atoms with Crippen molar-refractivity contribution in [3.8, 4) is 10.7 Å². The molecule has 0 atom stereocenters. The van der Waals surface area contributed by atoms with Crippen molar-refractivity contribution in [2.24, 2.45) is 0 Å². The number of hydrogen-bond donors (Lipinski definition) is 0. The number of allylic oxidation sites excluding steroid dienone is 1. The average Bonchev–Trinajstić information content (AvgIpc) is 3.22. The molecule has 0 saturated carbocycles. The predicted octanol–water partition coefficient (Wildman–Crippen LogP) is 4.13. The van der Waals surface area contributed by atoms with Gasteiger partial charge in [-0.25, -0.2) is 13.4 Å². The van der Waals surface area contributed by atoms with Crippen LogP contribution in [-0.2, 0) is 10.0 Å². The van der Waals surface area contributed by atoms with Crippen LogP contribution in [0.1, 0.15) is 29.9 Å². The van der Waals surface area contributed by atoms with Gasteiger partial charge in [-0.1, -0.05) is 19.9 Å². The maximum Gasteiger partial charge on any atom is 0.243 e. The summed E-state index contributed by atoms with van der Waals surface area (Å²) in [6, 6.07) is 11.6. The van der Waals surface area contributed by atoms with Gasteiger partial charge in [0.05, 0.1) is 16.3 Å². The van der Waals surface area contributed by atoms with Crippen LogP contribution in [0.4, 0.5) is 0 Å². The van der Waals surface area contributed by atoms with Gasteiger partial charge in [0.2, 0.25) is 10.0 Å². The second-order valence-electron chi connectivity index (χ2n) is 6.10. The molecule has 2 heterocycles. The highest BCUT2D eigenvalue weighted by molar-refractivity contribution is 7.89. The van der Waals surface area contributed by atoms with Gasteiger partial charge in [-0.3, -0.25) is 9.78 Å². The van der Waals surface area contributed by atoms with Crippen molar-refractivity contribution < 1.29 is 13.2 Å². The molecule has 0 aliphatic rings. The zero-order chi connectivity index (χ0) is 20.9. The van der Waals surface area contributed by atoms with E-state index in [2.05, 4.69) is 9.97 Å². The van der Waals surface area contributed by atoms with Gasteiger partial charge in [0, 0.05) is 30.2 Å². The van der Waals surface area contributed by atoms with Gasteiger partial charge in [-0.15, -0.1) is 11.3 Å². The maximum atomic E-state index is 12.5. The third-order valence-electron chi connectivity index (χ3n) is 4.29. The third-order valence-corrected chi connectivity index (χ3v) is 7.24. The Morgan fingerprint density at radius 2 is 1.83 bits per heavy atom. The summed E-state index contributed by atoms with van der Waals surface area (Å²) in [5.41, 5.74) is 1.87. The minimum atomic E-state index is -3.53. The fourth-order valence-electron chi connectivity index (χ4n) is 2.73. The quantitative estimate of drug-likeness (QED) is 0.399. The van der Waals surface area contributed by atoms with E-state index in [4.69, 9.17) is 0 Å². The van der Waals surface area contributed by atoms with Crippen LogP contribution in [0, 0.1) is 0 Å². The van der Waals surface area contributed by atoms with Gasteiger partial charge >= 0.3 is 0 Å². The lowest BCUT2D eigenvalue weighted by Gasteiger charge is -2.18. The normalized spacial score (nSPS) is 12.0. The van der Waals surface area contributed by atoms with Crippen molar-refractivity contribution >= 4 is 33.2 Å². The SMILES string of the molecule is CCN(CC)S(=O)(=O)c1ccc(C(=O)C=Cc2csc(-c3ccccn3)n2)cc1. The molecule has 0 amide bonds. The number of benzene rings is 1. The molecule has 2 aromatic heterocycles. The first-order valence-corrected chi connectivity index (χ1v) is 11.5. The Hall–Kier alpha value is -2.68. The molecule has 0 aliphatic heterocycles. The molecule has 8 heteroatoms. The van der Waals surface area contributed by atoms with Crippen molar-refractivity contribution in [2.75, 3.05) is 13.1 Å². The molecule has 0 saturated heterocycles. The number of aromatic nitrogens is 2. The minimum Gasteiger partial charge on any atom is -0.289 e. The summed E-state index contributed by atoms with van der Waals surface area (Å²) in [5.74, 6) is -0.218. The first-order valence-electron chi connectivity index (χ1n) is 9.15. The van der Waals surface area contributed by atoms with Gasteiger partial charge in [0.25, 0.3) is 0 Å². The van der Waals surface area contributed by atoms with Gasteiger partial charge in [-0.05, 0) is 48.6 Å². The molecular formula is C21H21N3O3S2. The van der Waals surface area contributed by atoms with Gasteiger partial charge in [0.15, 0.2) is 5.78 Å².